The van der Waals surface area contributed by atoms with Crippen molar-refractivity contribution in [1.82, 2.24) is 4.72 Å². The molecule has 2 saturated carbocycles. The maximum absolute atomic E-state index is 11.5. The Balaban J connectivity index is 0.000000168. The number of rotatable bonds is 4. The Kier molecular flexibility index (Phi) is 13.0. The van der Waals surface area contributed by atoms with Gasteiger partial charge in [0.2, 0.25) is 0 Å². The van der Waals surface area contributed by atoms with Crippen LogP contribution in [0.5, 0.6) is 0 Å². The molecule has 0 radical (unpaired) electrons. The zero-order valence-corrected chi connectivity index (χ0v) is 32.8. The topological polar surface area (TPSA) is 98.5 Å². The fourth-order valence-electron chi connectivity index (χ4n) is 7.34. The van der Waals surface area contributed by atoms with Gasteiger partial charge in [0, 0.05) is 5.69 Å². The Morgan fingerprint density at radius 3 is 1.60 bits per heavy atom. The van der Waals surface area contributed by atoms with Gasteiger partial charge in [-0.25, -0.2) is 17.9 Å². The zero-order valence-electron chi connectivity index (χ0n) is 27.5. The second-order valence-corrected chi connectivity index (χ2v) is 18.4. The van der Waals surface area contributed by atoms with Crippen molar-refractivity contribution < 1.29 is 17.9 Å². The monoisotopic (exact) mass is 828 g/mol. The van der Waals surface area contributed by atoms with Crippen molar-refractivity contribution in [3.05, 3.63) is 94.0 Å². The van der Waals surface area contributed by atoms with Gasteiger partial charge >= 0.3 is 35.7 Å². The van der Waals surface area contributed by atoms with Crippen LogP contribution in [0.1, 0.15) is 57.1 Å². The number of amides is 1. The van der Waals surface area contributed by atoms with Crippen LogP contribution in [0.3, 0.4) is 0 Å². The number of hydrogen-bond donors (Lipinski definition) is 2. The van der Waals surface area contributed by atoms with E-state index in [1.165, 1.54) is 46.2 Å². The van der Waals surface area contributed by atoms with Crippen LogP contribution in [0.2, 0.25) is 0 Å². The molecule has 0 aliphatic heterocycles. The number of fused-ring (bicyclic) bond motifs is 10. The van der Waals surface area contributed by atoms with Crippen LogP contribution in [0.4, 0.5) is 10.5 Å². The Hall–Kier alpha value is -0.840. The first-order valence-corrected chi connectivity index (χ1v) is 19.6. The quantitative estimate of drug-likeness (QED) is 0.0898. The maximum atomic E-state index is 11.5. The van der Waals surface area contributed by atoms with Crippen LogP contribution >= 0.6 is 69.6 Å². The number of halogens is 6. The van der Waals surface area contributed by atoms with Crippen molar-refractivity contribution in [3.8, 4) is 0 Å². The molecule has 7 rings (SSSR count). The molecule has 4 aliphatic carbocycles. The molecule has 266 valence electrons. The molecule has 4 aliphatic rings. The molecule has 6 atom stereocenters. The summed E-state index contributed by atoms with van der Waals surface area (Å²) in [5.41, 5.74) is 8.67. The summed E-state index contributed by atoms with van der Waals surface area (Å²) in [6, 6.07) is 19.0. The number of ether oxygens (including phenoxy) is 1. The molecule has 14 heteroatoms. The normalized spacial score (nSPS) is 28.1. The van der Waals surface area contributed by atoms with E-state index in [0.717, 1.165) is 13.5 Å². The van der Waals surface area contributed by atoms with Gasteiger partial charge in [-0.1, -0.05) is 123 Å². The number of sulfonamides is 1. The first-order chi connectivity index (χ1) is 22.8. The standard InChI is InChI=1S/C16H20.C12H8Cl6.C8H10N2O4S.Na.H/c1-11(2)13-5-7-16-10-14(12(3)4)6-8-15(16)9-13;13-8-9(14)11(16)7-5-2-1-4(3-5)6(7)10(8,15)12(11,17)18;1-14-8(11)10-15(12,13)7-4-2-6(9)3-5-7;;/h5-12H,1-4H3;1-2,4-7H,3H2;2-5H,9H2,1H3,(H,10,11);;/t;4-,5+,6+,7-,10+,11-;;;. The van der Waals surface area contributed by atoms with E-state index in [1.807, 2.05) is 0 Å². The number of benzene rings is 3. The average Bonchev–Trinajstić information content (AvgIpc) is 3.74. The predicted octanol–water partition coefficient (Wildman–Crippen LogP) is 10.0. The number of alkyl halides is 4. The fourth-order valence-corrected chi connectivity index (χ4v) is 11.4. The zero-order chi connectivity index (χ0) is 36.3. The first-order valence-electron chi connectivity index (χ1n) is 15.8. The molecule has 1 amide bonds. The van der Waals surface area contributed by atoms with Gasteiger partial charge in [-0.3, -0.25) is 0 Å². The van der Waals surface area contributed by atoms with Crippen molar-refractivity contribution >= 4 is 132 Å². The predicted molar refractivity (Wildman–Crippen MR) is 211 cm³/mol. The van der Waals surface area contributed by atoms with Gasteiger partial charge in [-0.15, -0.1) is 23.2 Å². The number of carbonyl (C=O) groups excluding carboxylic acids is 1. The van der Waals surface area contributed by atoms with Gasteiger partial charge in [0.1, 0.15) is 9.75 Å². The Morgan fingerprint density at radius 2 is 1.22 bits per heavy atom. The van der Waals surface area contributed by atoms with Gasteiger partial charge in [0.15, 0.2) is 4.33 Å². The van der Waals surface area contributed by atoms with E-state index in [0.29, 0.717) is 39.4 Å². The van der Waals surface area contributed by atoms with Crippen LogP contribution < -0.4 is 10.5 Å². The van der Waals surface area contributed by atoms with E-state index in [2.05, 4.69) is 81.0 Å². The van der Waals surface area contributed by atoms with Gasteiger partial charge in [0.25, 0.3) is 10.0 Å². The molecule has 6 nitrogen and oxygen atoms in total. The van der Waals surface area contributed by atoms with E-state index in [-0.39, 0.29) is 46.3 Å². The Morgan fingerprint density at radius 1 is 0.800 bits per heavy atom. The van der Waals surface area contributed by atoms with Crippen molar-refractivity contribution in [2.75, 3.05) is 12.8 Å². The third-order valence-electron chi connectivity index (χ3n) is 9.94. The molecule has 2 fully saturated rings. The van der Waals surface area contributed by atoms with E-state index < -0.39 is 30.2 Å². The molecular weight excluding hydrogens is 792 g/mol. The first kappa shape index (κ1) is 41.9. The van der Waals surface area contributed by atoms with Gasteiger partial charge in [0.05, 0.1) is 22.1 Å². The molecule has 0 spiro atoms. The number of allylic oxidation sites excluding steroid dienone is 4. The van der Waals surface area contributed by atoms with Crippen LogP contribution in [0, 0.1) is 23.7 Å². The number of methoxy groups -OCH3 is 1. The molecule has 3 N–H and O–H groups in total. The summed E-state index contributed by atoms with van der Waals surface area (Å²) in [5, 5.41) is 3.37. The number of carbonyl (C=O) groups is 1. The number of nitrogens with two attached hydrogens (primary N) is 1. The third kappa shape index (κ3) is 7.08. The summed E-state index contributed by atoms with van der Waals surface area (Å²) in [6.07, 6.45) is 4.36. The molecule has 4 bridgehead atoms. The molecule has 50 heavy (non-hydrogen) atoms. The second kappa shape index (κ2) is 15.5. The second-order valence-electron chi connectivity index (χ2n) is 13.5. The molecule has 0 aromatic heterocycles. The van der Waals surface area contributed by atoms with Crippen LogP contribution in [0.15, 0.2) is 87.8 Å². The van der Waals surface area contributed by atoms with Crippen LogP contribution in [-0.2, 0) is 14.8 Å². The number of nitrogen functional groups attached to an aromatic ring is 1. The molecule has 3 aromatic rings. The molecule has 0 unspecified atom stereocenters. The van der Waals surface area contributed by atoms with E-state index in [1.54, 1.807) is 4.72 Å². The van der Waals surface area contributed by atoms with Crippen LogP contribution in [0.25, 0.3) is 10.8 Å². The minimum absolute atomic E-state index is 0. The van der Waals surface area contributed by atoms with Gasteiger partial charge in [-0.2, -0.15) is 0 Å². The fraction of sp³-hybridized carbons (Fsp3) is 0.417. The van der Waals surface area contributed by atoms with Crippen molar-refractivity contribution in [3.63, 3.8) is 0 Å². The van der Waals surface area contributed by atoms with Gasteiger partial charge in [-0.05, 0) is 88.1 Å². The van der Waals surface area contributed by atoms with Crippen molar-refractivity contribution in [1.29, 1.82) is 0 Å². The summed E-state index contributed by atoms with van der Waals surface area (Å²) in [5.74, 6) is 2.03. The summed E-state index contributed by atoms with van der Waals surface area (Å²) in [4.78, 5) is 8.55. The number of nitrogens with one attached hydrogen (secondary N) is 1. The van der Waals surface area contributed by atoms with Crippen molar-refractivity contribution in [2.24, 2.45) is 23.7 Å². The molecular formula is C36H39Cl6N2NaO4S. The Labute approximate surface area is 346 Å². The van der Waals surface area contributed by atoms with E-state index in [4.69, 9.17) is 75.3 Å². The SMILES string of the molecule is CC(C)c1ccc2cc(C(C)C)ccc2c1.COC(=O)NS(=O)(=O)c1ccc(N)cc1.ClC1=C(Cl)[C@]2(Cl)[C@H]3[C@H]([C@@H]4C=C[C@H]3C4)[C@@]1(Cl)C2(Cl)Cl.[NaH]. The summed E-state index contributed by atoms with van der Waals surface area (Å²) in [6.45, 7) is 8.96. The van der Waals surface area contributed by atoms with Gasteiger partial charge < -0.3 is 10.5 Å². The minimum atomic E-state index is -3.87. The van der Waals surface area contributed by atoms with E-state index in [9.17, 15) is 13.2 Å². The molecule has 0 saturated heterocycles. The molecule has 0 heterocycles. The summed E-state index contributed by atoms with van der Waals surface area (Å²) >= 11 is 39.2. The summed E-state index contributed by atoms with van der Waals surface area (Å²) < 4.78 is 27.4. The Bertz CT molecular complexity index is 1850. The number of anilines is 1. The summed E-state index contributed by atoms with van der Waals surface area (Å²) in [7, 11) is -2.79. The average molecular weight is 831 g/mol. The van der Waals surface area contributed by atoms with E-state index >= 15 is 0 Å². The number of hydrogen-bond acceptors (Lipinski definition) is 5. The van der Waals surface area contributed by atoms with Crippen molar-refractivity contribution in [2.45, 2.75) is 64.9 Å². The van der Waals surface area contributed by atoms with Crippen LogP contribution in [-0.4, -0.2) is 65.3 Å². The third-order valence-corrected chi connectivity index (χ3v) is 15.6. The molecule has 3 aromatic carbocycles.